The van der Waals surface area contributed by atoms with Crippen molar-refractivity contribution in [2.45, 2.75) is 26.3 Å². The summed E-state index contributed by atoms with van der Waals surface area (Å²) in [4.78, 5) is 28.2. The van der Waals surface area contributed by atoms with Gasteiger partial charge in [0.05, 0.1) is 19.8 Å². The minimum absolute atomic E-state index is 0.117. The number of nitrogens with one attached hydrogen (secondary N) is 2. The summed E-state index contributed by atoms with van der Waals surface area (Å²) in [5, 5.41) is 15.1. The van der Waals surface area contributed by atoms with Crippen LogP contribution < -0.4 is 25.0 Å². The van der Waals surface area contributed by atoms with Gasteiger partial charge in [-0.2, -0.15) is 0 Å². The molecule has 35 heavy (non-hydrogen) atoms. The van der Waals surface area contributed by atoms with Crippen molar-refractivity contribution in [2.24, 2.45) is 5.92 Å². The van der Waals surface area contributed by atoms with Crippen molar-refractivity contribution < 1.29 is 19.1 Å². The first-order valence-corrected chi connectivity index (χ1v) is 12.0. The Morgan fingerprint density at radius 2 is 1.77 bits per heavy atom. The van der Waals surface area contributed by atoms with Crippen molar-refractivity contribution >= 4 is 34.0 Å². The molecule has 2 unspecified atom stereocenters. The van der Waals surface area contributed by atoms with Crippen molar-refractivity contribution in [3.8, 4) is 22.1 Å². The average Bonchev–Trinajstić information content (AvgIpc) is 3.34. The van der Waals surface area contributed by atoms with Crippen molar-refractivity contribution in [1.29, 1.82) is 0 Å². The predicted molar refractivity (Wildman–Crippen MR) is 139 cm³/mol. The van der Waals surface area contributed by atoms with Gasteiger partial charge in [-0.25, -0.2) is 0 Å². The Morgan fingerprint density at radius 1 is 1.06 bits per heavy atom. The molecule has 3 rings (SSSR count). The van der Waals surface area contributed by atoms with Crippen LogP contribution in [0, 0.1) is 5.92 Å². The van der Waals surface area contributed by atoms with Crippen LogP contribution in [0.2, 0.25) is 0 Å². The molecule has 2 N–H and O–H groups in total. The van der Waals surface area contributed by atoms with E-state index in [4.69, 9.17) is 9.47 Å². The number of hydrogen-bond acceptors (Lipinski definition) is 8. The Hall–Kier alpha value is -3.66. The Kier molecular flexibility index (Phi) is 8.64. The number of aromatic nitrogens is 2. The zero-order chi connectivity index (χ0) is 25.5. The number of methoxy groups -OCH3 is 2. The lowest BCUT2D eigenvalue weighted by atomic mass is 9.98. The van der Waals surface area contributed by atoms with Crippen LogP contribution in [0.25, 0.3) is 10.6 Å². The number of hydrogen-bond donors (Lipinski definition) is 2. The third-order valence-corrected chi connectivity index (χ3v) is 6.61. The van der Waals surface area contributed by atoms with Crippen LogP contribution in [0.3, 0.4) is 0 Å². The fourth-order valence-corrected chi connectivity index (χ4v) is 4.13. The Bertz CT molecular complexity index is 1160. The smallest absolute Gasteiger partial charge is 0.255 e. The molecule has 2 aromatic carbocycles. The molecule has 9 nitrogen and oxygen atoms in total. The van der Waals surface area contributed by atoms with Gasteiger partial charge < -0.3 is 19.7 Å². The molecule has 0 saturated carbocycles. The predicted octanol–water partition coefficient (Wildman–Crippen LogP) is 4.07. The van der Waals surface area contributed by atoms with Gasteiger partial charge in [0, 0.05) is 31.4 Å². The van der Waals surface area contributed by atoms with Crippen molar-refractivity contribution in [3.05, 3.63) is 48.0 Å². The molecule has 10 heteroatoms. The van der Waals surface area contributed by atoms with E-state index >= 15 is 0 Å². The minimum atomic E-state index is -0.772. The normalized spacial score (nSPS) is 12.4. The van der Waals surface area contributed by atoms with Gasteiger partial charge in [0.15, 0.2) is 0 Å². The summed E-state index contributed by atoms with van der Waals surface area (Å²) in [5.74, 6) is 0.0427. The van der Waals surface area contributed by atoms with Crippen LogP contribution in [-0.4, -0.2) is 56.4 Å². The molecule has 0 fully saturated rings. The van der Waals surface area contributed by atoms with E-state index in [1.54, 1.807) is 18.2 Å². The summed E-state index contributed by atoms with van der Waals surface area (Å²) in [6.45, 7) is 3.87. The van der Waals surface area contributed by atoms with Gasteiger partial charge in [0.2, 0.25) is 11.0 Å². The summed E-state index contributed by atoms with van der Waals surface area (Å²) in [6, 6.07) is 12.1. The van der Waals surface area contributed by atoms with E-state index in [9.17, 15) is 9.59 Å². The largest absolute Gasteiger partial charge is 0.497 e. The lowest BCUT2D eigenvalue weighted by Gasteiger charge is -2.23. The molecular formula is C25H31N5O4S. The zero-order valence-corrected chi connectivity index (χ0v) is 21.6. The van der Waals surface area contributed by atoms with E-state index in [0.29, 0.717) is 33.6 Å². The van der Waals surface area contributed by atoms with Gasteiger partial charge in [-0.05, 0) is 42.3 Å². The maximum absolute atomic E-state index is 13.2. The van der Waals surface area contributed by atoms with Crippen LogP contribution in [0.5, 0.6) is 11.5 Å². The van der Waals surface area contributed by atoms with E-state index in [1.165, 1.54) is 25.6 Å². The molecule has 2 amide bonds. The molecule has 0 bridgehead atoms. The number of benzene rings is 2. The van der Waals surface area contributed by atoms with Gasteiger partial charge in [-0.15, -0.1) is 10.2 Å². The quantitative estimate of drug-likeness (QED) is 0.435. The van der Waals surface area contributed by atoms with Gasteiger partial charge in [0.1, 0.15) is 22.5 Å². The molecule has 0 spiro atoms. The van der Waals surface area contributed by atoms with Gasteiger partial charge >= 0.3 is 0 Å². The van der Waals surface area contributed by atoms with Crippen molar-refractivity contribution in [3.63, 3.8) is 0 Å². The third-order valence-electron chi connectivity index (χ3n) is 5.72. The number of carbonyl (C=O) groups excluding carboxylic acids is 2. The highest BCUT2D eigenvalue weighted by molar-refractivity contribution is 7.18. The summed E-state index contributed by atoms with van der Waals surface area (Å²) in [5.41, 5.74) is 2.30. The third kappa shape index (κ3) is 6.27. The van der Waals surface area contributed by atoms with Crippen LogP contribution in [0.4, 0.5) is 10.8 Å². The molecule has 0 aliphatic carbocycles. The molecule has 0 aliphatic heterocycles. The first-order chi connectivity index (χ1) is 16.8. The van der Waals surface area contributed by atoms with Crippen LogP contribution in [-0.2, 0) is 4.79 Å². The molecule has 1 aromatic heterocycles. The number of amides is 2. The second kappa shape index (κ2) is 11.7. The first kappa shape index (κ1) is 26.0. The highest BCUT2D eigenvalue weighted by atomic mass is 32.1. The highest BCUT2D eigenvalue weighted by Gasteiger charge is 2.28. The van der Waals surface area contributed by atoms with Gasteiger partial charge in [-0.3, -0.25) is 14.9 Å². The second-order valence-corrected chi connectivity index (χ2v) is 9.22. The second-order valence-electron chi connectivity index (χ2n) is 8.25. The fraction of sp³-hybridized carbons (Fsp3) is 0.360. The van der Waals surface area contributed by atoms with Crippen molar-refractivity contribution in [1.82, 2.24) is 15.5 Å². The lowest BCUT2D eigenvalue weighted by Crippen LogP contribution is -2.47. The maximum Gasteiger partial charge on any atom is 0.255 e. The standard InChI is InChI=1S/C25H31N5O4S/c1-7-15(2)21(26-22(31)19-13-12-18(33-5)14-20(19)34-6)23(32)27-25-29-28-24(35-25)16-8-10-17(11-9-16)30(3)4/h8-15,21H,7H2,1-6H3,(H,26,31)(H,27,29,32). The first-order valence-electron chi connectivity index (χ1n) is 11.2. The number of rotatable bonds is 10. The Labute approximate surface area is 209 Å². The molecule has 3 aromatic rings. The van der Waals surface area contributed by atoms with Crippen molar-refractivity contribution in [2.75, 3.05) is 38.5 Å². The highest BCUT2D eigenvalue weighted by Crippen LogP contribution is 2.28. The zero-order valence-electron chi connectivity index (χ0n) is 20.8. The summed E-state index contributed by atoms with van der Waals surface area (Å²) in [6.07, 6.45) is 0.692. The fourth-order valence-electron chi connectivity index (χ4n) is 3.38. The molecule has 0 aliphatic rings. The molecule has 0 radical (unpaired) electrons. The molecule has 2 atom stereocenters. The van der Waals surface area contributed by atoms with E-state index in [2.05, 4.69) is 20.8 Å². The topological polar surface area (TPSA) is 106 Å². The Balaban J connectivity index is 1.75. The van der Waals surface area contributed by atoms with E-state index < -0.39 is 11.9 Å². The summed E-state index contributed by atoms with van der Waals surface area (Å²) >= 11 is 1.28. The van der Waals surface area contributed by atoms with Crippen LogP contribution in [0.15, 0.2) is 42.5 Å². The number of carbonyl (C=O) groups is 2. The monoisotopic (exact) mass is 497 g/mol. The minimum Gasteiger partial charge on any atom is -0.497 e. The maximum atomic E-state index is 13.2. The van der Waals surface area contributed by atoms with Crippen LogP contribution >= 0.6 is 11.3 Å². The molecule has 0 saturated heterocycles. The SMILES string of the molecule is CCC(C)C(NC(=O)c1ccc(OC)cc1OC)C(=O)Nc1nnc(-c2ccc(N(C)C)cc2)s1. The van der Waals surface area contributed by atoms with E-state index in [-0.39, 0.29) is 11.8 Å². The van der Waals surface area contributed by atoms with E-state index in [0.717, 1.165) is 11.3 Å². The van der Waals surface area contributed by atoms with Gasteiger partial charge in [-0.1, -0.05) is 31.6 Å². The summed E-state index contributed by atoms with van der Waals surface area (Å²) < 4.78 is 10.5. The average molecular weight is 498 g/mol. The molecular weight excluding hydrogens is 466 g/mol. The van der Waals surface area contributed by atoms with Crippen LogP contribution in [0.1, 0.15) is 30.6 Å². The molecule has 1 heterocycles. The Morgan fingerprint density at radius 3 is 2.37 bits per heavy atom. The number of ether oxygens (including phenoxy) is 2. The lowest BCUT2D eigenvalue weighted by molar-refractivity contribution is -0.119. The molecule has 186 valence electrons. The van der Waals surface area contributed by atoms with Gasteiger partial charge in [0.25, 0.3) is 5.91 Å². The van der Waals surface area contributed by atoms with E-state index in [1.807, 2.05) is 57.1 Å². The number of nitrogens with zero attached hydrogens (tertiary/aromatic N) is 3. The summed E-state index contributed by atoms with van der Waals surface area (Å²) in [7, 11) is 6.97. The number of anilines is 2.